The number of ketones is 1. The van der Waals surface area contributed by atoms with Crippen LogP contribution in [0.2, 0.25) is 0 Å². The Kier molecular flexibility index (Phi) is 4.20. The van der Waals surface area contributed by atoms with Crippen molar-refractivity contribution >= 4 is 17.5 Å². The van der Waals surface area contributed by atoms with Gasteiger partial charge in [-0.1, -0.05) is 0 Å². The third-order valence-corrected chi connectivity index (χ3v) is 2.64. The fourth-order valence-electron chi connectivity index (χ4n) is 1.68. The van der Waals surface area contributed by atoms with Gasteiger partial charge in [0, 0.05) is 11.6 Å². The van der Waals surface area contributed by atoms with Gasteiger partial charge in [0.2, 0.25) is 5.78 Å². The minimum absolute atomic E-state index is 0.0331. The summed E-state index contributed by atoms with van der Waals surface area (Å²) in [5, 5.41) is 0. The summed E-state index contributed by atoms with van der Waals surface area (Å²) in [6.07, 6.45) is 2.39. The van der Waals surface area contributed by atoms with Gasteiger partial charge in [0.1, 0.15) is 11.5 Å². The van der Waals surface area contributed by atoms with Crippen LogP contribution in [0.25, 0.3) is 5.76 Å². The number of carbonyl (C=O) groups is 2. The van der Waals surface area contributed by atoms with Crippen LogP contribution in [0, 0.1) is 0 Å². The summed E-state index contributed by atoms with van der Waals surface area (Å²) in [6.45, 7) is 1.93. The van der Waals surface area contributed by atoms with Crippen LogP contribution in [-0.4, -0.2) is 25.5 Å². The Bertz CT molecular complexity index is 581. The van der Waals surface area contributed by atoms with Crippen LogP contribution in [0.4, 0.5) is 0 Å². The molecule has 1 aliphatic rings. The number of ether oxygens (including phenoxy) is 3. The summed E-state index contributed by atoms with van der Waals surface area (Å²) in [6, 6.07) is 7.06. The van der Waals surface area contributed by atoms with Crippen molar-refractivity contribution in [2.45, 2.75) is 6.92 Å². The Morgan fingerprint density at radius 3 is 2.60 bits per heavy atom. The Hall–Kier alpha value is -2.56. The zero-order chi connectivity index (χ0) is 14.5. The molecule has 0 fully saturated rings. The average molecular weight is 274 g/mol. The monoisotopic (exact) mass is 274 g/mol. The van der Waals surface area contributed by atoms with Crippen LogP contribution in [0.1, 0.15) is 12.5 Å². The van der Waals surface area contributed by atoms with Crippen molar-refractivity contribution in [3.8, 4) is 5.75 Å². The summed E-state index contributed by atoms with van der Waals surface area (Å²) >= 11 is 0. The van der Waals surface area contributed by atoms with Gasteiger partial charge in [-0.2, -0.15) is 0 Å². The molecule has 1 aliphatic heterocycles. The lowest BCUT2D eigenvalue weighted by atomic mass is 10.1. The van der Waals surface area contributed by atoms with E-state index in [-0.39, 0.29) is 18.1 Å². The first-order chi connectivity index (χ1) is 9.63. The fourth-order valence-corrected chi connectivity index (χ4v) is 1.68. The molecule has 0 saturated carbocycles. The number of rotatable bonds is 4. The lowest BCUT2D eigenvalue weighted by molar-refractivity contribution is -0.137. The van der Waals surface area contributed by atoms with Crippen LogP contribution in [0.15, 0.2) is 42.2 Å². The topological polar surface area (TPSA) is 61.8 Å². The van der Waals surface area contributed by atoms with Crippen LogP contribution in [0.5, 0.6) is 5.75 Å². The van der Waals surface area contributed by atoms with Gasteiger partial charge >= 0.3 is 5.97 Å². The van der Waals surface area contributed by atoms with Crippen LogP contribution < -0.4 is 4.74 Å². The molecule has 1 heterocycles. The molecule has 0 spiro atoms. The van der Waals surface area contributed by atoms with Crippen molar-refractivity contribution in [3.63, 3.8) is 0 Å². The highest BCUT2D eigenvalue weighted by atomic mass is 16.5. The molecular weight excluding hydrogens is 260 g/mol. The van der Waals surface area contributed by atoms with Gasteiger partial charge in [0.15, 0.2) is 5.76 Å². The van der Waals surface area contributed by atoms with Gasteiger partial charge in [0.25, 0.3) is 0 Å². The SMILES string of the molecule is CCOC(=O)/C=C1/OC(c2ccc(OC)cc2)=CC1=O. The highest BCUT2D eigenvalue weighted by molar-refractivity contribution is 6.12. The maximum absolute atomic E-state index is 11.7. The predicted octanol–water partition coefficient (Wildman–Crippen LogP) is 2.08. The van der Waals surface area contributed by atoms with Gasteiger partial charge < -0.3 is 14.2 Å². The highest BCUT2D eigenvalue weighted by Gasteiger charge is 2.23. The third-order valence-electron chi connectivity index (χ3n) is 2.64. The number of allylic oxidation sites excluding steroid dienone is 1. The molecule has 1 aromatic rings. The summed E-state index contributed by atoms with van der Waals surface area (Å²) in [5.41, 5.74) is 0.728. The smallest absolute Gasteiger partial charge is 0.334 e. The first-order valence-corrected chi connectivity index (χ1v) is 6.10. The van der Waals surface area contributed by atoms with Gasteiger partial charge in [-0.05, 0) is 31.2 Å². The van der Waals surface area contributed by atoms with Crippen molar-refractivity contribution in [2.75, 3.05) is 13.7 Å². The lowest BCUT2D eigenvalue weighted by Crippen LogP contribution is -2.04. The van der Waals surface area contributed by atoms with Gasteiger partial charge in [-0.15, -0.1) is 0 Å². The maximum atomic E-state index is 11.7. The van der Waals surface area contributed by atoms with Crippen molar-refractivity contribution in [2.24, 2.45) is 0 Å². The number of hydrogen-bond donors (Lipinski definition) is 0. The van der Waals surface area contributed by atoms with Crippen LogP contribution in [-0.2, 0) is 19.1 Å². The zero-order valence-electron chi connectivity index (χ0n) is 11.2. The van der Waals surface area contributed by atoms with Crippen LogP contribution in [0.3, 0.4) is 0 Å². The molecule has 0 atom stereocenters. The lowest BCUT2D eigenvalue weighted by Gasteiger charge is -2.05. The molecule has 0 N–H and O–H groups in total. The number of carbonyl (C=O) groups excluding carboxylic acids is 2. The minimum atomic E-state index is -0.597. The Balaban J connectivity index is 2.14. The second kappa shape index (κ2) is 6.06. The molecule has 0 radical (unpaired) electrons. The van der Waals surface area contributed by atoms with E-state index in [1.54, 1.807) is 38.3 Å². The summed E-state index contributed by atoms with van der Waals surface area (Å²) < 4.78 is 15.2. The van der Waals surface area contributed by atoms with Crippen molar-refractivity contribution in [1.82, 2.24) is 0 Å². The number of hydrogen-bond acceptors (Lipinski definition) is 5. The molecule has 0 unspecified atom stereocenters. The summed E-state index contributed by atoms with van der Waals surface area (Å²) in [7, 11) is 1.57. The second-order valence-corrected chi connectivity index (χ2v) is 3.96. The van der Waals surface area contributed by atoms with Gasteiger partial charge in [0.05, 0.1) is 19.8 Å². The number of esters is 1. The van der Waals surface area contributed by atoms with Crippen LogP contribution >= 0.6 is 0 Å². The molecule has 104 valence electrons. The molecular formula is C15H14O5. The Labute approximate surface area is 116 Å². The molecule has 0 saturated heterocycles. The van der Waals surface area contributed by atoms with Crippen molar-refractivity contribution in [3.05, 3.63) is 47.7 Å². The molecule has 0 aliphatic carbocycles. The molecule has 0 aromatic heterocycles. The largest absolute Gasteiger partial charge is 0.497 e. The summed E-state index contributed by atoms with van der Waals surface area (Å²) in [4.78, 5) is 23.0. The normalized spacial score (nSPS) is 15.8. The maximum Gasteiger partial charge on any atom is 0.334 e. The summed E-state index contributed by atoms with van der Waals surface area (Å²) in [5.74, 6) is 0.118. The molecule has 5 nitrogen and oxygen atoms in total. The Morgan fingerprint density at radius 2 is 2.00 bits per heavy atom. The first-order valence-electron chi connectivity index (χ1n) is 6.10. The minimum Gasteiger partial charge on any atom is -0.497 e. The molecule has 1 aromatic carbocycles. The molecule has 20 heavy (non-hydrogen) atoms. The molecule has 0 amide bonds. The number of methoxy groups -OCH3 is 1. The highest BCUT2D eigenvalue weighted by Crippen LogP contribution is 2.27. The molecule has 2 rings (SSSR count). The fraction of sp³-hybridized carbons (Fsp3) is 0.200. The predicted molar refractivity (Wildman–Crippen MR) is 71.8 cm³/mol. The Morgan fingerprint density at radius 1 is 1.30 bits per heavy atom. The first kappa shape index (κ1) is 13.9. The van der Waals surface area contributed by atoms with Crippen molar-refractivity contribution in [1.29, 1.82) is 0 Å². The van der Waals surface area contributed by atoms with E-state index in [9.17, 15) is 9.59 Å². The molecule has 5 heteroatoms. The molecule has 0 bridgehead atoms. The van der Waals surface area contributed by atoms with E-state index in [4.69, 9.17) is 14.2 Å². The van der Waals surface area contributed by atoms with Gasteiger partial charge in [-0.3, -0.25) is 4.79 Å². The van der Waals surface area contributed by atoms with E-state index in [1.165, 1.54) is 6.08 Å². The quantitative estimate of drug-likeness (QED) is 0.621. The van der Waals surface area contributed by atoms with E-state index in [1.807, 2.05) is 0 Å². The number of benzene rings is 1. The van der Waals surface area contributed by atoms with Crippen molar-refractivity contribution < 1.29 is 23.8 Å². The third kappa shape index (κ3) is 3.06. The zero-order valence-corrected chi connectivity index (χ0v) is 11.2. The standard InChI is InChI=1S/C15H14O5/c1-3-19-15(17)9-14-12(16)8-13(20-14)10-4-6-11(18-2)7-5-10/h4-9H,3H2,1-2H3/b14-9+. The van der Waals surface area contributed by atoms with E-state index in [0.717, 1.165) is 11.6 Å². The van der Waals surface area contributed by atoms with E-state index >= 15 is 0 Å². The van der Waals surface area contributed by atoms with Gasteiger partial charge in [-0.25, -0.2) is 4.79 Å². The van der Waals surface area contributed by atoms with E-state index in [0.29, 0.717) is 11.5 Å². The van der Waals surface area contributed by atoms with E-state index in [2.05, 4.69) is 0 Å². The van der Waals surface area contributed by atoms with E-state index < -0.39 is 5.97 Å². The average Bonchev–Trinajstić information content (AvgIpc) is 2.80. The second-order valence-electron chi connectivity index (χ2n) is 3.96.